The minimum Gasteiger partial charge on any atom is -0.394 e. The monoisotopic (exact) mass is 972 g/mol. The second kappa shape index (κ2) is 44.3. The number of carbonyl (C=O) groups is 1. The van der Waals surface area contributed by atoms with Gasteiger partial charge in [0.15, 0.2) is 6.29 Å². The van der Waals surface area contributed by atoms with Gasteiger partial charge in [-0.15, -0.1) is 0 Å². The van der Waals surface area contributed by atoms with Crippen molar-refractivity contribution in [2.75, 3.05) is 13.2 Å². The predicted molar refractivity (Wildman–Crippen MR) is 273 cm³/mol. The fourth-order valence-electron chi connectivity index (χ4n) is 8.66. The molecule has 0 saturated carbocycles. The van der Waals surface area contributed by atoms with Gasteiger partial charge in [0.1, 0.15) is 24.4 Å². The number of unbranched alkanes of at least 4 members (excludes halogenated alkanes) is 31. The molecule has 1 rings (SSSR count). The maximum absolute atomic E-state index is 13.1. The van der Waals surface area contributed by atoms with E-state index in [2.05, 4.69) is 47.7 Å². The number of rotatable bonds is 47. The van der Waals surface area contributed by atoms with Crippen molar-refractivity contribution in [2.24, 2.45) is 0 Å². The van der Waals surface area contributed by atoms with E-state index in [1.54, 1.807) is 6.08 Å². The van der Waals surface area contributed by atoms with Gasteiger partial charge in [0.25, 0.3) is 0 Å². The Morgan fingerprint density at radius 3 is 1.42 bits per heavy atom. The van der Waals surface area contributed by atoms with Gasteiger partial charge in [0, 0.05) is 6.42 Å². The van der Waals surface area contributed by atoms with Crippen LogP contribution in [0.4, 0.5) is 0 Å². The van der Waals surface area contributed by atoms with Crippen LogP contribution in [0.1, 0.15) is 245 Å². The van der Waals surface area contributed by atoms with Crippen LogP contribution >= 0.6 is 0 Å². The van der Waals surface area contributed by atoms with Gasteiger partial charge in [-0.05, 0) is 51.4 Å². The van der Waals surface area contributed by atoms with Gasteiger partial charge >= 0.3 is 10.4 Å². The fraction of sp³-hybridized carbons (Fsp3) is 0.870. The van der Waals surface area contributed by atoms with Crippen LogP contribution < -0.4 is 5.32 Å². The Hall–Kier alpha value is -1.68. The molecule has 394 valence electrons. The minimum atomic E-state index is -5.09. The molecule has 1 fully saturated rings. The zero-order valence-corrected chi connectivity index (χ0v) is 43.3. The van der Waals surface area contributed by atoms with Crippen LogP contribution in [-0.2, 0) is 28.9 Å². The summed E-state index contributed by atoms with van der Waals surface area (Å²) < 4.78 is 47.7. The predicted octanol–water partition coefficient (Wildman–Crippen LogP) is 12.2. The molecule has 13 heteroatoms. The lowest BCUT2D eigenvalue weighted by molar-refractivity contribution is -0.298. The first-order valence-corrected chi connectivity index (χ1v) is 28.7. The van der Waals surface area contributed by atoms with E-state index in [1.165, 1.54) is 173 Å². The zero-order valence-electron chi connectivity index (χ0n) is 42.5. The molecule has 1 amide bonds. The number of hydrogen-bond acceptors (Lipinski definition) is 10. The summed E-state index contributed by atoms with van der Waals surface area (Å²) in [6.45, 7) is 3.38. The summed E-state index contributed by atoms with van der Waals surface area (Å²) in [5, 5.41) is 44.8. The smallest absolute Gasteiger partial charge is 0.394 e. The molecule has 1 aliphatic heterocycles. The maximum atomic E-state index is 13.1. The number of carbonyl (C=O) groups excluding carboxylic acids is 1. The molecule has 0 aliphatic carbocycles. The Morgan fingerprint density at radius 1 is 0.597 bits per heavy atom. The van der Waals surface area contributed by atoms with Gasteiger partial charge in [-0.2, -0.15) is 8.42 Å². The highest BCUT2D eigenvalue weighted by Gasteiger charge is 2.48. The molecular weight excluding hydrogens is 871 g/mol. The molecule has 1 saturated heterocycles. The Labute approximate surface area is 409 Å². The molecule has 0 spiro atoms. The number of ether oxygens (including phenoxy) is 2. The number of aliphatic hydroxyl groups is 4. The standard InChI is InChI=1S/C54H101NO11S/c1-3-5-7-9-11-13-15-16-17-18-19-20-21-22-23-24-25-26-27-28-29-30-31-32-34-36-38-40-42-44-50(58)55-47(48(57)43-41-39-37-35-33-14-12-10-8-6-4-2)46-64-54-52(60)53(66-67(61,62)63)51(59)49(45-56)65-54/h19-20,22-23,41,43,47-49,51-54,56-57,59-60H,3-18,21,24-40,42,44-46H2,1-2H3,(H,55,58)(H,61,62,63)/b20-19-,23-22-,43-41+. The molecule has 7 unspecified atom stereocenters. The molecule has 0 aromatic carbocycles. The summed E-state index contributed by atoms with van der Waals surface area (Å²) in [5.41, 5.74) is 0. The topological polar surface area (TPSA) is 192 Å². The van der Waals surface area contributed by atoms with Crippen LogP contribution in [-0.4, -0.2) is 95.4 Å². The summed E-state index contributed by atoms with van der Waals surface area (Å²) in [5.74, 6) is -0.264. The molecule has 0 aromatic heterocycles. The molecule has 67 heavy (non-hydrogen) atoms. The minimum absolute atomic E-state index is 0.264. The van der Waals surface area contributed by atoms with Crippen LogP contribution in [0.5, 0.6) is 0 Å². The van der Waals surface area contributed by atoms with E-state index < -0.39 is 59.9 Å². The number of amides is 1. The number of nitrogens with one attached hydrogen (secondary N) is 1. The summed E-state index contributed by atoms with van der Waals surface area (Å²) in [4.78, 5) is 13.1. The van der Waals surface area contributed by atoms with Gasteiger partial charge in [-0.1, -0.05) is 224 Å². The van der Waals surface area contributed by atoms with Crippen LogP contribution in [0.3, 0.4) is 0 Å². The van der Waals surface area contributed by atoms with Crippen molar-refractivity contribution in [3.05, 3.63) is 36.5 Å². The van der Waals surface area contributed by atoms with E-state index in [1.807, 2.05) is 6.08 Å². The molecule has 1 aliphatic rings. The first kappa shape index (κ1) is 63.3. The lowest BCUT2D eigenvalue weighted by atomic mass is 9.99. The summed E-state index contributed by atoms with van der Waals surface area (Å²) in [6.07, 6.45) is 46.4. The van der Waals surface area contributed by atoms with E-state index in [0.717, 1.165) is 44.9 Å². The summed E-state index contributed by atoms with van der Waals surface area (Å²) in [7, 11) is -5.09. The molecule has 12 nitrogen and oxygen atoms in total. The second-order valence-corrected chi connectivity index (χ2v) is 20.2. The third kappa shape index (κ3) is 36.9. The Bertz CT molecular complexity index is 1330. The van der Waals surface area contributed by atoms with E-state index in [4.69, 9.17) is 9.47 Å². The Morgan fingerprint density at radius 2 is 1.00 bits per heavy atom. The molecule has 1 heterocycles. The number of allylic oxidation sites excluding steroid dienone is 5. The largest absolute Gasteiger partial charge is 0.397 e. The van der Waals surface area contributed by atoms with E-state index in [0.29, 0.717) is 6.42 Å². The fourth-order valence-corrected chi connectivity index (χ4v) is 9.17. The number of hydrogen-bond donors (Lipinski definition) is 6. The van der Waals surface area contributed by atoms with E-state index >= 15 is 0 Å². The van der Waals surface area contributed by atoms with E-state index in [9.17, 15) is 38.2 Å². The maximum Gasteiger partial charge on any atom is 0.397 e. The lowest BCUT2D eigenvalue weighted by Gasteiger charge is -2.41. The first-order valence-electron chi connectivity index (χ1n) is 27.4. The van der Waals surface area contributed by atoms with Crippen molar-refractivity contribution in [1.29, 1.82) is 0 Å². The third-order valence-corrected chi connectivity index (χ3v) is 13.4. The molecule has 0 bridgehead atoms. The van der Waals surface area contributed by atoms with Crippen molar-refractivity contribution < 1.29 is 51.8 Å². The molecular formula is C54H101NO11S. The van der Waals surface area contributed by atoms with E-state index in [-0.39, 0.29) is 18.9 Å². The number of aliphatic hydroxyl groups excluding tert-OH is 4. The second-order valence-electron chi connectivity index (χ2n) is 19.2. The van der Waals surface area contributed by atoms with Gasteiger partial charge in [0.2, 0.25) is 5.91 Å². The highest BCUT2D eigenvalue weighted by Crippen LogP contribution is 2.26. The van der Waals surface area contributed by atoms with Crippen LogP contribution in [0.15, 0.2) is 36.5 Å². The normalized spacial score (nSPS) is 20.1. The summed E-state index contributed by atoms with van der Waals surface area (Å²) in [6, 6.07) is -0.943. The molecule has 0 radical (unpaired) electrons. The highest BCUT2D eigenvalue weighted by molar-refractivity contribution is 7.80. The average molecular weight is 972 g/mol. The van der Waals surface area contributed by atoms with Gasteiger partial charge in [-0.3, -0.25) is 9.35 Å². The Kier molecular flexibility index (Phi) is 41.9. The quantitative estimate of drug-likeness (QED) is 0.0193. The van der Waals surface area contributed by atoms with Crippen molar-refractivity contribution in [3.63, 3.8) is 0 Å². The van der Waals surface area contributed by atoms with Gasteiger partial charge < -0.3 is 35.2 Å². The van der Waals surface area contributed by atoms with Crippen molar-refractivity contribution >= 4 is 16.3 Å². The summed E-state index contributed by atoms with van der Waals surface area (Å²) >= 11 is 0. The van der Waals surface area contributed by atoms with Crippen molar-refractivity contribution in [3.8, 4) is 0 Å². The zero-order chi connectivity index (χ0) is 49.1. The van der Waals surface area contributed by atoms with Gasteiger partial charge in [-0.25, -0.2) is 4.18 Å². The van der Waals surface area contributed by atoms with Crippen LogP contribution in [0.25, 0.3) is 0 Å². The molecule has 7 atom stereocenters. The Balaban J connectivity index is 2.29. The van der Waals surface area contributed by atoms with Crippen molar-refractivity contribution in [1.82, 2.24) is 5.32 Å². The van der Waals surface area contributed by atoms with Gasteiger partial charge in [0.05, 0.1) is 25.4 Å². The lowest BCUT2D eigenvalue weighted by Crippen LogP contribution is -2.61. The third-order valence-electron chi connectivity index (χ3n) is 12.9. The van der Waals surface area contributed by atoms with Crippen molar-refractivity contribution in [2.45, 2.75) is 288 Å². The SMILES string of the molecule is CCCCCCCCCCC/C=C\C/C=C\CCCCCCCCCCCCCCCC(=O)NC(COC1OC(CO)C(O)C(OS(=O)(=O)O)C1O)C(O)/C=C/CCCCCCCCCCC. The average Bonchev–Trinajstić information content (AvgIpc) is 3.30. The van der Waals surface area contributed by atoms with Crippen LogP contribution in [0, 0.1) is 0 Å². The highest BCUT2D eigenvalue weighted by atomic mass is 32.3. The van der Waals surface area contributed by atoms with Crippen LogP contribution in [0.2, 0.25) is 0 Å². The first-order chi connectivity index (χ1) is 32.5. The molecule has 0 aromatic rings. The molecule has 6 N–H and O–H groups in total.